The smallest absolute Gasteiger partial charge is 0.303 e. The molecule has 0 heterocycles. The van der Waals surface area contributed by atoms with Crippen molar-refractivity contribution in [1.29, 1.82) is 0 Å². The second-order valence-electron chi connectivity index (χ2n) is 12.0. The van der Waals surface area contributed by atoms with Crippen molar-refractivity contribution in [2.24, 2.45) is 52.3 Å². The van der Waals surface area contributed by atoms with E-state index in [0.29, 0.717) is 41.4 Å². The maximum Gasteiger partial charge on any atom is 0.303 e. The minimum absolute atomic E-state index is 0.194. The van der Waals surface area contributed by atoms with Crippen molar-refractivity contribution >= 4 is 5.97 Å². The van der Waals surface area contributed by atoms with Gasteiger partial charge in [-0.1, -0.05) is 34.1 Å². The molecular weight excluding hydrogens is 376 g/mol. The normalized spacial score (nSPS) is 51.5. The number of carboxylic acids is 1. The van der Waals surface area contributed by atoms with Crippen LogP contribution in [-0.2, 0) is 4.79 Å². The summed E-state index contributed by atoms with van der Waals surface area (Å²) in [7, 11) is 0. The van der Waals surface area contributed by atoms with E-state index in [4.69, 9.17) is 5.11 Å². The number of aliphatic carboxylic acids is 1. The maximum atomic E-state index is 11.7. The van der Waals surface area contributed by atoms with E-state index in [0.717, 1.165) is 32.1 Å². The number of aliphatic hydroxyl groups is 2. The first-order valence-electron chi connectivity index (χ1n) is 12.7. The van der Waals surface area contributed by atoms with Crippen LogP contribution in [0.2, 0.25) is 0 Å². The van der Waals surface area contributed by atoms with Gasteiger partial charge in [-0.05, 0) is 104 Å². The Morgan fingerprint density at radius 1 is 1.00 bits per heavy atom. The van der Waals surface area contributed by atoms with Crippen molar-refractivity contribution in [2.75, 3.05) is 0 Å². The van der Waals surface area contributed by atoms with Crippen LogP contribution in [0.25, 0.3) is 0 Å². The molecule has 0 saturated heterocycles. The summed E-state index contributed by atoms with van der Waals surface area (Å²) in [5, 5.41) is 31.3. The van der Waals surface area contributed by atoms with Crippen molar-refractivity contribution in [3.63, 3.8) is 0 Å². The van der Waals surface area contributed by atoms with Crippen LogP contribution >= 0.6 is 0 Å². The maximum absolute atomic E-state index is 11.7. The Morgan fingerprint density at radius 2 is 1.67 bits per heavy atom. The predicted molar refractivity (Wildman–Crippen MR) is 118 cm³/mol. The first-order chi connectivity index (χ1) is 14.1. The highest BCUT2D eigenvalue weighted by Gasteiger charge is 2.64. The fraction of sp³-hybridized carbons (Fsp3) is 0.962. The minimum atomic E-state index is -0.683. The Morgan fingerprint density at radius 3 is 2.33 bits per heavy atom. The van der Waals surface area contributed by atoms with Gasteiger partial charge in [-0.2, -0.15) is 0 Å². The van der Waals surface area contributed by atoms with E-state index in [1.165, 1.54) is 25.7 Å². The van der Waals surface area contributed by atoms with Gasteiger partial charge < -0.3 is 15.3 Å². The molecule has 11 atom stereocenters. The fourth-order valence-electron chi connectivity index (χ4n) is 9.48. The summed E-state index contributed by atoms with van der Waals surface area (Å²) in [5.74, 6) is 2.58. The molecule has 4 aliphatic rings. The average molecular weight is 421 g/mol. The van der Waals surface area contributed by atoms with Crippen LogP contribution in [0.3, 0.4) is 0 Å². The van der Waals surface area contributed by atoms with Gasteiger partial charge in [-0.3, -0.25) is 4.79 Å². The van der Waals surface area contributed by atoms with E-state index in [1.807, 2.05) is 0 Å². The highest BCUT2D eigenvalue weighted by molar-refractivity contribution is 5.66. The van der Waals surface area contributed by atoms with Crippen LogP contribution in [-0.4, -0.2) is 33.5 Å². The van der Waals surface area contributed by atoms with Crippen molar-refractivity contribution in [3.8, 4) is 0 Å². The molecule has 4 fully saturated rings. The summed E-state index contributed by atoms with van der Waals surface area (Å²) < 4.78 is 0. The van der Waals surface area contributed by atoms with E-state index in [1.54, 1.807) is 0 Å². The highest BCUT2D eigenvalue weighted by atomic mass is 16.4. The Bertz CT molecular complexity index is 649. The Balaban J connectivity index is 1.61. The zero-order chi connectivity index (χ0) is 21.8. The largest absolute Gasteiger partial charge is 0.481 e. The van der Waals surface area contributed by atoms with Crippen molar-refractivity contribution < 1.29 is 20.1 Å². The van der Waals surface area contributed by atoms with Crippen molar-refractivity contribution in [2.45, 2.75) is 104 Å². The van der Waals surface area contributed by atoms with Crippen LogP contribution in [0, 0.1) is 52.3 Å². The standard InChI is InChI=1S/C26H44O4/c1-5-17-21-14-16(27)10-12-26(21,4)20-11-13-25(3)18(15(2)6-9-22(28)29)7-8-19(25)23(20)24(17)30/h15-21,23-24,27,30H,5-14H2,1-4H3,(H,28,29)/t15-,16+,17+,18?,19?,20?,21-,23?,24+,25+,26+/m0/s1. The molecule has 0 aromatic carbocycles. The lowest BCUT2D eigenvalue weighted by Crippen LogP contribution is -2.62. The fourth-order valence-corrected chi connectivity index (χ4v) is 9.48. The van der Waals surface area contributed by atoms with Gasteiger partial charge in [0.05, 0.1) is 12.2 Å². The van der Waals surface area contributed by atoms with E-state index in [2.05, 4.69) is 27.7 Å². The van der Waals surface area contributed by atoms with Crippen molar-refractivity contribution in [3.05, 3.63) is 0 Å². The molecule has 0 aliphatic heterocycles. The third-order valence-corrected chi connectivity index (χ3v) is 11.0. The monoisotopic (exact) mass is 420 g/mol. The van der Waals surface area contributed by atoms with Crippen LogP contribution < -0.4 is 0 Å². The highest BCUT2D eigenvalue weighted by Crippen LogP contribution is 2.69. The minimum Gasteiger partial charge on any atom is -0.481 e. The summed E-state index contributed by atoms with van der Waals surface area (Å²) in [4.78, 5) is 11.1. The lowest BCUT2D eigenvalue weighted by atomic mass is 9.41. The van der Waals surface area contributed by atoms with Crippen LogP contribution in [0.5, 0.6) is 0 Å². The first-order valence-corrected chi connectivity index (χ1v) is 12.7. The number of hydrogen-bond donors (Lipinski definition) is 3. The molecule has 172 valence electrons. The first kappa shape index (κ1) is 22.6. The van der Waals surface area contributed by atoms with Gasteiger partial charge in [-0.25, -0.2) is 0 Å². The molecule has 0 amide bonds. The number of hydrogen-bond acceptors (Lipinski definition) is 3. The van der Waals surface area contributed by atoms with Gasteiger partial charge in [0.25, 0.3) is 0 Å². The third-order valence-electron chi connectivity index (χ3n) is 11.0. The Hall–Kier alpha value is -0.610. The molecule has 4 saturated carbocycles. The molecule has 0 radical (unpaired) electrons. The van der Waals surface area contributed by atoms with Crippen LogP contribution in [0.4, 0.5) is 0 Å². The van der Waals surface area contributed by atoms with Crippen LogP contribution in [0.15, 0.2) is 0 Å². The average Bonchev–Trinajstić information content (AvgIpc) is 3.05. The van der Waals surface area contributed by atoms with E-state index >= 15 is 0 Å². The zero-order valence-electron chi connectivity index (χ0n) is 19.5. The number of aliphatic hydroxyl groups excluding tert-OH is 2. The summed E-state index contributed by atoms with van der Waals surface area (Å²) in [6.45, 7) is 9.44. The van der Waals surface area contributed by atoms with Gasteiger partial charge in [0.1, 0.15) is 0 Å². The number of fused-ring (bicyclic) bond motifs is 5. The lowest BCUT2D eigenvalue weighted by molar-refractivity contribution is -0.203. The molecule has 4 unspecified atom stereocenters. The zero-order valence-corrected chi connectivity index (χ0v) is 19.5. The molecular formula is C26H44O4. The molecule has 0 aromatic rings. The number of carboxylic acid groups (broad SMARTS) is 1. The Labute approximate surface area is 182 Å². The van der Waals surface area contributed by atoms with E-state index in [9.17, 15) is 15.0 Å². The Kier molecular flexibility index (Phi) is 6.07. The topological polar surface area (TPSA) is 77.8 Å². The summed E-state index contributed by atoms with van der Waals surface area (Å²) >= 11 is 0. The van der Waals surface area contributed by atoms with Gasteiger partial charge in [0.2, 0.25) is 0 Å². The van der Waals surface area contributed by atoms with Crippen LogP contribution in [0.1, 0.15) is 91.9 Å². The summed E-state index contributed by atoms with van der Waals surface area (Å²) in [5.41, 5.74) is 0.480. The SMILES string of the molecule is CC[C@H]1[C@@H](O)C2C3CCC([C@@H](C)CCC(=O)O)[C@@]3(C)CCC2[C@@]2(C)CC[C@@H](O)C[C@@H]12. The number of carbonyl (C=O) groups is 1. The molecule has 0 bridgehead atoms. The number of rotatable bonds is 5. The van der Waals surface area contributed by atoms with E-state index in [-0.39, 0.29) is 29.5 Å². The molecule has 3 N–H and O–H groups in total. The van der Waals surface area contributed by atoms with Gasteiger partial charge in [0, 0.05) is 6.42 Å². The third kappa shape index (κ3) is 3.36. The summed E-state index contributed by atoms with van der Waals surface area (Å²) in [6, 6.07) is 0. The van der Waals surface area contributed by atoms with Gasteiger partial charge in [-0.15, -0.1) is 0 Å². The van der Waals surface area contributed by atoms with Crippen molar-refractivity contribution in [1.82, 2.24) is 0 Å². The lowest BCUT2D eigenvalue weighted by Gasteiger charge is -2.64. The molecule has 4 nitrogen and oxygen atoms in total. The second kappa shape index (κ2) is 8.06. The molecule has 4 aliphatic carbocycles. The quantitative estimate of drug-likeness (QED) is 0.577. The van der Waals surface area contributed by atoms with Gasteiger partial charge >= 0.3 is 5.97 Å². The van der Waals surface area contributed by atoms with E-state index < -0.39 is 5.97 Å². The molecule has 0 spiro atoms. The predicted octanol–water partition coefficient (Wildman–Crippen LogP) is 5.11. The molecule has 4 heteroatoms. The second-order valence-corrected chi connectivity index (χ2v) is 12.0. The van der Waals surface area contributed by atoms with Gasteiger partial charge in [0.15, 0.2) is 0 Å². The molecule has 0 aromatic heterocycles. The summed E-state index contributed by atoms with van der Waals surface area (Å²) in [6.07, 6.45) is 9.27. The molecule has 4 rings (SSSR count). The molecule has 30 heavy (non-hydrogen) atoms.